The molecule has 0 unspecified atom stereocenters. The molecule has 0 aliphatic heterocycles. The number of alkyl halides is 1. The third kappa shape index (κ3) is 4.88. The molecule has 4 heteroatoms. The predicted octanol–water partition coefficient (Wildman–Crippen LogP) is 4.57. The monoisotopic (exact) mass is 272 g/mol. The summed E-state index contributed by atoms with van der Waals surface area (Å²) in [7, 11) is 0. The van der Waals surface area contributed by atoms with Crippen molar-refractivity contribution in [1.82, 2.24) is 0 Å². The van der Waals surface area contributed by atoms with Gasteiger partial charge in [-0.05, 0) is 18.1 Å². The Hall–Kier alpha value is -1.35. The van der Waals surface area contributed by atoms with E-state index in [1.807, 2.05) is 0 Å². The number of hydrogen-bond acceptors (Lipinski definition) is 1. The van der Waals surface area contributed by atoms with Gasteiger partial charge in [0.25, 0.3) is 0 Å². The molecule has 0 aliphatic carbocycles. The third-order valence-corrected chi connectivity index (χ3v) is 2.55. The number of allylic oxidation sites excluding steroid dienone is 2. The molecule has 0 heterocycles. The van der Waals surface area contributed by atoms with Gasteiger partial charge in [0.15, 0.2) is 0 Å². The molecular weight excluding hydrogens is 258 g/mol. The highest BCUT2D eigenvalue weighted by Gasteiger charge is 2.07. The van der Waals surface area contributed by atoms with Gasteiger partial charge in [0.05, 0.1) is 5.76 Å². The molecule has 18 heavy (non-hydrogen) atoms. The van der Waals surface area contributed by atoms with E-state index in [0.717, 1.165) is 12.5 Å². The molecule has 1 rings (SSSR count). The second kappa shape index (κ2) is 7.17. The van der Waals surface area contributed by atoms with Crippen molar-refractivity contribution >= 4 is 11.6 Å². The fraction of sp³-hybridized carbons (Fsp3) is 0.286. The summed E-state index contributed by atoms with van der Waals surface area (Å²) >= 11 is 5.54. The van der Waals surface area contributed by atoms with Gasteiger partial charge in [0, 0.05) is 24.8 Å². The Bertz CT molecular complexity index is 443. The molecule has 0 N–H and O–H groups in total. The van der Waals surface area contributed by atoms with Gasteiger partial charge in [-0.3, -0.25) is 0 Å². The molecule has 0 fully saturated rings. The van der Waals surface area contributed by atoms with Crippen LogP contribution < -0.4 is 0 Å². The first kappa shape index (κ1) is 14.7. The van der Waals surface area contributed by atoms with Crippen LogP contribution in [0, 0.1) is 11.6 Å². The van der Waals surface area contributed by atoms with Crippen molar-refractivity contribution in [2.75, 3.05) is 5.88 Å². The molecule has 1 nitrogen and oxygen atoms in total. The quantitative estimate of drug-likeness (QED) is 0.522. The molecule has 0 atom stereocenters. The van der Waals surface area contributed by atoms with Crippen LogP contribution in [0.2, 0.25) is 0 Å². The summed E-state index contributed by atoms with van der Waals surface area (Å²) < 4.78 is 31.4. The Balaban J connectivity index is 2.51. The Morgan fingerprint density at radius 3 is 2.56 bits per heavy atom. The molecule has 0 saturated carbocycles. The minimum absolute atomic E-state index is 0.187. The van der Waals surface area contributed by atoms with E-state index in [1.165, 1.54) is 12.1 Å². The lowest BCUT2D eigenvalue weighted by molar-refractivity contribution is 0.285. The van der Waals surface area contributed by atoms with E-state index in [0.29, 0.717) is 29.4 Å². The van der Waals surface area contributed by atoms with Crippen molar-refractivity contribution in [2.24, 2.45) is 0 Å². The lowest BCUT2D eigenvalue weighted by Gasteiger charge is -2.11. The van der Waals surface area contributed by atoms with Crippen LogP contribution in [0.3, 0.4) is 0 Å². The van der Waals surface area contributed by atoms with E-state index in [2.05, 4.69) is 13.2 Å². The lowest BCUT2D eigenvalue weighted by Crippen LogP contribution is -1.98. The summed E-state index contributed by atoms with van der Waals surface area (Å²) in [5, 5.41) is 0. The standard InChI is InChI=1S/C14H15ClF2O/c1-10(4-3-7-15)18-11(2)8-12-5-6-13(16)9-14(12)17/h5-6,9H,1-4,7-8H2. The smallest absolute Gasteiger partial charge is 0.129 e. The Labute approximate surface area is 111 Å². The lowest BCUT2D eigenvalue weighted by atomic mass is 10.1. The van der Waals surface area contributed by atoms with E-state index >= 15 is 0 Å². The molecule has 1 aromatic carbocycles. The van der Waals surface area contributed by atoms with Gasteiger partial charge in [0.1, 0.15) is 17.4 Å². The molecule has 0 radical (unpaired) electrons. The van der Waals surface area contributed by atoms with Gasteiger partial charge in [-0.15, -0.1) is 11.6 Å². The highest BCUT2D eigenvalue weighted by Crippen LogP contribution is 2.17. The second-order valence-electron chi connectivity index (χ2n) is 3.88. The van der Waals surface area contributed by atoms with Crippen molar-refractivity contribution in [3.8, 4) is 0 Å². The number of hydrogen-bond donors (Lipinski definition) is 0. The van der Waals surface area contributed by atoms with Gasteiger partial charge in [-0.2, -0.15) is 0 Å². The summed E-state index contributed by atoms with van der Waals surface area (Å²) in [6, 6.07) is 3.42. The van der Waals surface area contributed by atoms with Crippen LogP contribution in [-0.4, -0.2) is 5.88 Å². The zero-order chi connectivity index (χ0) is 13.5. The van der Waals surface area contributed by atoms with E-state index in [1.54, 1.807) is 0 Å². The van der Waals surface area contributed by atoms with Crippen molar-refractivity contribution < 1.29 is 13.5 Å². The largest absolute Gasteiger partial charge is 0.467 e. The van der Waals surface area contributed by atoms with Gasteiger partial charge >= 0.3 is 0 Å². The van der Waals surface area contributed by atoms with Crippen LogP contribution in [-0.2, 0) is 11.2 Å². The van der Waals surface area contributed by atoms with Crippen molar-refractivity contribution in [3.05, 3.63) is 60.1 Å². The number of rotatable bonds is 7. The van der Waals surface area contributed by atoms with Crippen molar-refractivity contribution in [2.45, 2.75) is 19.3 Å². The van der Waals surface area contributed by atoms with Crippen LogP contribution >= 0.6 is 11.6 Å². The fourth-order valence-electron chi connectivity index (χ4n) is 1.43. The molecule has 0 aromatic heterocycles. The number of ether oxygens (including phenoxy) is 1. The normalized spacial score (nSPS) is 10.2. The first-order valence-electron chi connectivity index (χ1n) is 5.56. The van der Waals surface area contributed by atoms with Crippen LogP contribution in [0.5, 0.6) is 0 Å². The molecule has 0 spiro atoms. The highest BCUT2D eigenvalue weighted by atomic mass is 35.5. The van der Waals surface area contributed by atoms with E-state index in [-0.39, 0.29) is 6.42 Å². The summed E-state index contributed by atoms with van der Waals surface area (Å²) in [5.74, 6) is 0.241. The summed E-state index contributed by atoms with van der Waals surface area (Å²) in [6.45, 7) is 7.40. The van der Waals surface area contributed by atoms with Crippen LogP contribution in [0.15, 0.2) is 42.9 Å². The number of halogens is 3. The maximum absolute atomic E-state index is 13.4. The Morgan fingerprint density at radius 1 is 1.22 bits per heavy atom. The van der Waals surface area contributed by atoms with Crippen LogP contribution in [0.4, 0.5) is 8.78 Å². The summed E-state index contributed by atoms with van der Waals surface area (Å²) in [5.41, 5.74) is 0.339. The summed E-state index contributed by atoms with van der Waals surface area (Å²) in [6.07, 6.45) is 1.58. The third-order valence-electron chi connectivity index (χ3n) is 2.28. The molecule has 0 saturated heterocycles. The van der Waals surface area contributed by atoms with Gasteiger partial charge in [-0.25, -0.2) is 8.78 Å². The van der Waals surface area contributed by atoms with Gasteiger partial charge in [0.2, 0.25) is 0 Å². The van der Waals surface area contributed by atoms with Gasteiger partial charge in [-0.1, -0.05) is 19.2 Å². The second-order valence-corrected chi connectivity index (χ2v) is 4.26. The maximum Gasteiger partial charge on any atom is 0.129 e. The zero-order valence-electron chi connectivity index (χ0n) is 10.0. The van der Waals surface area contributed by atoms with E-state index in [4.69, 9.17) is 16.3 Å². The average molecular weight is 273 g/mol. The Morgan fingerprint density at radius 2 is 1.94 bits per heavy atom. The first-order chi connectivity index (χ1) is 8.52. The van der Waals surface area contributed by atoms with Crippen LogP contribution in [0.25, 0.3) is 0 Å². The zero-order valence-corrected chi connectivity index (χ0v) is 10.8. The Kier molecular flexibility index (Phi) is 5.86. The average Bonchev–Trinajstić information content (AvgIpc) is 2.30. The SMILES string of the molecule is C=C(CCCCl)OC(=C)Cc1ccc(F)cc1F. The number of benzene rings is 1. The minimum Gasteiger partial charge on any atom is -0.467 e. The van der Waals surface area contributed by atoms with E-state index in [9.17, 15) is 8.78 Å². The fourth-order valence-corrected chi connectivity index (χ4v) is 1.57. The molecule has 0 bridgehead atoms. The highest BCUT2D eigenvalue weighted by molar-refractivity contribution is 6.17. The molecule has 0 aliphatic rings. The molecule has 98 valence electrons. The molecular formula is C14H15ClF2O. The van der Waals surface area contributed by atoms with Crippen molar-refractivity contribution in [3.63, 3.8) is 0 Å². The minimum atomic E-state index is -0.605. The first-order valence-corrected chi connectivity index (χ1v) is 6.09. The van der Waals surface area contributed by atoms with E-state index < -0.39 is 11.6 Å². The van der Waals surface area contributed by atoms with Crippen LogP contribution in [0.1, 0.15) is 18.4 Å². The molecule has 0 amide bonds. The predicted molar refractivity (Wildman–Crippen MR) is 69.4 cm³/mol. The summed E-state index contributed by atoms with van der Waals surface area (Å²) in [4.78, 5) is 0. The maximum atomic E-state index is 13.4. The van der Waals surface area contributed by atoms with Crippen molar-refractivity contribution in [1.29, 1.82) is 0 Å². The molecule has 1 aromatic rings. The van der Waals surface area contributed by atoms with Gasteiger partial charge < -0.3 is 4.74 Å². The topological polar surface area (TPSA) is 9.23 Å².